The Morgan fingerprint density at radius 2 is 1.27 bits per heavy atom. The van der Waals surface area contributed by atoms with E-state index in [1.54, 1.807) is 82.3 Å². The van der Waals surface area contributed by atoms with Crippen LogP contribution in [-0.4, -0.2) is 43.6 Å². The van der Waals surface area contributed by atoms with Gasteiger partial charge in [0, 0.05) is 6.92 Å². The molecule has 1 heterocycles. The molecule has 202 valence electrons. The van der Waals surface area contributed by atoms with Gasteiger partial charge < -0.3 is 18.1 Å². The molecule has 2 aromatic rings. The summed E-state index contributed by atoms with van der Waals surface area (Å²) in [5.74, 6) is -1.01. The van der Waals surface area contributed by atoms with Crippen LogP contribution in [0.25, 0.3) is 0 Å². The number of imide groups is 1. The minimum atomic E-state index is -4.18. The highest BCUT2D eigenvalue weighted by molar-refractivity contribution is 7.72. The zero-order valence-corrected chi connectivity index (χ0v) is 23.7. The number of benzene rings is 2. The number of hydrogen-bond donors (Lipinski definition) is 0. The van der Waals surface area contributed by atoms with Gasteiger partial charge >= 0.3 is 15.2 Å². The fourth-order valence-corrected chi connectivity index (χ4v) is 10.3. The molecule has 2 aromatic carbocycles. The second-order valence-corrected chi connectivity index (χ2v) is 13.2. The number of rotatable bonds is 13. The molecule has 0 spiro atoms. The van der Waals surface area contributed by atoms with Crippen molar-refractivity contribution in [3.63, 3.8) is 0 Å². The molecule has 0 unspecified atom stereocenters. The molecule has 0 bridgehead atoms. The maximum absolute atomic E-state index is 14.3. The van der Waals surface area contributed by atoms with Crippen LogP contribution in [0.3, 0.4) is 0 Å². The average Bonchev–Trinajstić information content (AvgIpc) is 3.12. The summed E-state index contributed by atoms with van der Waals surface area (Å²) >= 11 is 0. The number of nitrogens with zero attached hydrogens (tertiary/aromatic N) is 1. The SMILES string of the molecule is CCOP(=O)(OCC)C(C[C@]1(c2ccccc2)C(=O)N(C(C)=O)c2ccccc21)P(=O)(OCC)OCC. The maximum atomic E-state index is 14.3. The molecule has 2 amide bonds. The summed E-state index contributed by atoms with van der Waals surface area (Å²) in [4.78, 5) is 28.1. The van der Waals surface area contributed by atoms with Crippen LogP contribution in [0.5, 0.6) is 0 Å². The summed E-state index contributed by atoms with van der Waals surface area (Å²) in [6.45, 7) is 7.94. The van der Waals surface area contributed by atoms with Gasteiger partial charge in [-0.25, -0.2) is 4.90 Å². The van der Waals surface area contributed by atoms with Crippen molar-refractivity contribution in [2.75, 3.05) is 31.3 Å². The Morgan fingerprint density at radius 3 is 1.73 bits per heavy atom. The molecule has 0 N–H and O–H groups in total. The minimum absolute atomic E-state index is 0.00840. The predicted molar refractivity (Wildman–Crippen MR) is 142 cm³/mol. The molecule has 0 aromatic heterocycles. The second-order valence-electron chi connectivity index (χ2n) is 8.38. The van der Waals surface area contributed by atoms with E-state index < -0.39 is 37.8 Å². The summed E-state index contributed by atoms with van der Waals surface area (Å²) in [6, 6.07) is 15.8. The lowest BCUT2D eigenvalue weighted by molar-refractivity contribution is -0.127. The van der Waals surface area contributed by atoms with Gasteiger partial charge in [0.25, 0.3) is 0 Å². The Labute approximate surface area is 218 Å². The van der Waals surface area contributed by atoms with E-state index in [2.05, 4.69) is 0 Å². The van der Waals surface area contributed by atoms with Crippen molar-refractivity contribution in [2.45, 2.75) is 51.9 Å². The van der Waals surface area contributed by atoms with Gasteiger partial charge in [-0.15, -0.1) is 0 Å². The Kier molecular flexibility index (Phi) is 9.68. The third-order valence-corrected chi connectivity index (χ3v) is 12.2. The largest absolute Gasteiger partial charge is 0.345 e. The number of fused-ring (bicyclic) bond motifs is 1. The van der Waals surface area contributed by atoms with Gasteiger partial charge in [0.05, 0.1) is 32.1 Å². The van der Waals surface area contributed by atoms with Crippen LogP contribution < -0.4 is 4.90 Å². The van der Waals surface area contributed by atoms with Gasteiger partial charge in [-0.1, -0.05) is 48.5 Å². The van der Waals surface area contributed by atoms with E-state index in [0.29, 0.717) is 16.8 Å². The Morgan fingerprint density at radius 1 is 0.811 bits per heavy atom. The van der Waals surface area contributed by atoms with E-state index in [0.717, 1.165) is 4.90 Å². The standard InChI is InChI=1S/C26H35NO8P2/c1-6-32-36(30,33-7-2)24(37(31,34-8-3)35-9-4)19-26(21-15-11-10-12-16-21)22-17-13-14-18-23(22)27(20(5)28)25(26)29/h10-18,24H,6-9,19H2,1-5H3/t26-/m1/s1. The van der Waals surface area contributed by atoms with E-state index >= 15 is 0 Å². The average molecular weight is 552 g/mol. The molecule has 11 heteroatoms. The highest BCUT2D eigenvalue weighted by Crippen LogP contribution is 2.73. The van der Waals surface area contributed by atoms with Crippen LogP contribution in [0.15, 0.2) is 54.6 Å². The van der Waals surface area contributed by atoms with E-state index in [9.17, 15) is 18.7 Å². The lowest BCUT2D eigenvalue weighted by Crippen LogP contribution is -2.45. The highest BCUT2D eigenvalue weighted by Gasteiger charge is 2.61. The van der Waals surface area contributed by atoms with Gasteiger partial charge in [-0.2, -0.15) is 0 Å². The van der Waals surface area contributed by atoms with Gasteiger partial charge in [0.2, 0.25) is 11.8 Å². The molecule has 0 fully saturated rings. The van der Waals surface area contributed by atoms with E-state index in [1.807, 2.05) is 0 Å². The normalized spacial score (nSPS) is 17.9. The van der Waals surface area contributed by atoms with Crippen LogP contribution >= 0.6 is 15.2 Å². The number of carbonyl (C=O) groups excluding carboxylic acids is 2. The minimum Gasteiger partial charge on any atom is -0.308 e. The van der Waals surface area contributed by atoms with Crippen molar-refractivity contribution in [3.05, 3.63) is 65.7 Å². The summed E-state index contributed by atoms with van der Waals surface area (Å²) in [7, 11) is -8.35. The van der Waals surface area contributed by atoms with Crippen molar-refractivity contribution in [2.24, 2.45) is 0 Å². The molecule has 1 atom stereocenters. The fourth-order valence-electron chi connectivity index (χ4n) is 4.88. The predicted octanol–water partition coefficient (Wildman–Crippen LogP) is 6.11. The first-order chi connectivity index (χ1) is 17.6. The molecule has 0 saturated carbocycles. The number of hydrogen-bond acceptors (Lipinski definition) is 8. The number of para-hydroxylation sites is 1. The van der Waals surface area contributed by atoms with Gasteiger partial charge in [0.1, 0.15) is 5.41 Å². The molecule has 1 aliphatic heterocycles. The maximum Gasteiger partial charge on any atom is 0.345 e. The topological polar surface area (TPSA) is 108 Å². The van der Waals surface area contributed by atoms with Crippen molar-refractivity contribution in [1.82, 2.24) is 0 Å². The van der Waals surface area contributed by atoms with Crippen molar-refractivity contribution in [3.8, 4) is 0 Å². The first-order valence-electron chi connectivity index (χ1n) is 12.4. The van der Waals surface area contributed by atoms with Crippen LogP contribution in [0.4, 0.5) is 5.69 Å². The molecular formula is C26H35NO8P2. The fraction of sp³-hybridized carbons (Fsp3) is 0.462. The van der Waals surface area contributed by atoms with Crippen molar-refractivity contribution < 1.29 is 36.8 Å². The Bertz CT molecular complexity index is 1150. The molecule has 0 saturated heterocycles. The zero-order valence-electron chi connectivity index (χ0n) is 21.9. The molecule has 37 heavy (non-hydrogen) atoms. The van der Waals surface area contributed by atoms with Gasteiger partial charge in [0.15, 0.2) is 5.40 Å². The van der Waals surface area contributed by atoms with Crippen molar-refractivity contribution in [1.29, 1.82) is 0 Å². The first-order valence-corrected chi connectivity index (χ1v) is 15.6. The Hall–Kier alpha value is -2.12. The van der Waals surface area contributed by atoms with Crippen LogP contribution in [-0.2, 0) is 42.2 Å². The van der Waals surface area contributed by atoms with E-state index in [-0.39, 0.29) is 32.8 Å². The van der Waals surface area contributed by atoms with E-state index in [1.165, 1.54) is 6.92 Å². The molecule has 1 aliphatic rings. The number of amides is 2. The lowest BCUT2D eigenvalue weighted by Gasteiger charge is -2.37. The number of carbonyl (C=O) groups is 2. The molecule has 0 aliphatic carbocycles. The van der Waals surface area contributed by atoms with Crippen LogP contribution in [0, 0.1) is 0 Å². The highest BCUT2D eigenvalue weighted by atomic mass is 31.2. The monoisotopic (exact) mass is 551 g/mol. The van der Waals surface area contributed by atoms with Crippen molar-refractivity contribution >= 4 is 32.7 Å². The molecule has 3 rings (SSSR count). The van der Waals surface area contributed by atoms with Gasteiger partial charge in [-0.3, -0.25) is 18.7 Å². The summed E-state index contributed by atoms with van der Waals surface area (Å²) < 4.78 is 51.3. The van der Waals surface area contributed by atoms with Crippen LogP contribution in [0.2, 0.25) is 0 Å². The summed E-state index contributed by atoms with van der Waals surface area (Å²) in [5.41, 5.74) is -0.0688. The summed E-state index contributed by atoms with van der Waals surface area (Å²) in [6.07, 6.45) is -0.300. The smallest absolute Gasteiger partial charge is 0.308 e. The molecular weight excluding hydrogens is 516 g/mol. The Balaban J connectivity index is 2.38. The molecule has 9 nitrogen and oxygen atoms in total. The third kappa shape index (κ3) is 5.40. The molecule has 0 radical (unpaired) electrons. The second kappa shape index (κ2) is 12.2. The zero-order chi connectivity index (χ0) is 27.3. The van der Waals surface area contributed by atoms with Gasteiger partial charge in [-0.05, 0) is 51.3 Å². The lowest BCUT2D eigenvalue weighted by atomic mass is 9.73. The third-order valence-electron chi connectivity index (χ3n) is 6.21. The van der Waals surface area contributed by atoms with Crippen LogP contribution in [0.1, 0.15) is 52.2 Å². The quantitative estimate of drug-likeness (QED) is 0.274. The number of anilines is 1. The van der Waals surface area contributed by atoms with E-state index in [4.69, 9.17) is 18.1 Å². The summed E-state index contributed by atoms with van der Waals surface area (Å²) in [5, 5.41) is -1.45. The first kappa shape index (κ1) is 29.4.